The van der Waals surface area contributed by atoms with E-state index >= 15 is 0 Å². The van der Waals surface area contributed by atoms with Crippen LogP contribution in [0.15, 0.2) is 0 Å². The van der Waals surface area contributed by atoms with E-state index in [0.29, 0.717) is 26.1 Å². The summed E-state index contributed by atoms with van der Waals surface area (Å²) >= 11 is 0. The summed E-state index contributed by atoms with van der Waals surface area (Å²) in [7, 11) is 0. The molecule has 5 heteroatoms. The Hall–Kier alpha value is -1.10. The van der Waals surface area contributed by atoms with Gasteiger partial charge in [0.25, 0.3) is 0 Å². The van der Waals surface area contributed by atoms with Crippen LogP contribution in [0.2, 0.25) is 0 Å². The van der Waals surface area contributed by atoms with Crippen molar-refractivity contribution in [1.29, 1.82) is 0 Å². The van der Waals surface area contributed by atoms with Gasteiger partial charge < -0.3 is 15.2 Å². The maximum absolute atomic E-state index is 11.7. The Balaban J connectivity index is 2.40. The molecule has 0 aromatic carbocycles. The second kappa shape index (κ2) is 6.48. The van der Waals surface area contributed by atoms with E-state index in [1.807, 2.05) is 6.92 Å². The molecule has 1 fully saturated rings. The minimum absolute atomic E-state index is 0.177. The largest absolute Gasteiger partial charge is 0.480 e. The molecule has 1 amide bonds. The SMILES string of the molecule is CCCCC(NC(=O)C1CCOC1)C(=O)O. The summed E-state index contributed by atoms with van der Waals surface area (Å²) in [6, 6.07) is -0.756. The van der Waals surface area contributed by atoms with Crippen molar-refractivity contribution in [2.24, 2.45) is 5.92 Å². The molecule has 1 rings (SSSR count). The van der Waals surface area contributed by atoms with Gasteiger partial charge in [0, 0.05) is 6.61 Å². The summed E-state index contributed by atoms with van der Waals surface area (Å²) in [5, 5.41) is 11.5. The first-order chi connectivity index (χ1) is 7.65. The highest BCUT2D eigenvalue weighted by molar-refractivity contribution is 5.85. The molecule has 1 aliphatic rings. The van der Waals surface area contributed by atoms with Crippen LogP contribution < -0.4 is 5.32 Å². The van der Waals surface area contributed by atoms with E-state index in [2.05, 4.69) is 5.32 Å². The van der Waals surface area contributed by atoms with Crippen LogP contribution in [0.5, 0.6) is 0 Å². The van der Waals surface area contributed by atoms with Crippen molar-refractivity contribution in [1.82, 2.24) is 5.32 Å². The zero-order valence-corrected chi connectivity index (χ0v) is 9.57. The third-order valence-electron chi connectivity index (χ3n) is 2.76. The van der Waals surface area contributed by atoms with Gasteiger partial charge in [-0.1, -0.05) is 19.8 Å². The Bertz CT molecular complexity index is 248. The molecule has 0 saturated carbocycles. The van der Waals surface area contributed by atoms with Crippen LogP contribution in [-0.4, -0.2) is 36.2 Å². The Kier molecular flexibility index (Phi) is 5.25. The molecule has 1 heterocycles. The van der Waals surface area contributed by atoms with Crippen LogP contribution in [-0.2, 0) is 14.3 Å². The molecule has 2 atom stereocenters. The van der Waals surface area contributed by atoms with Gasteiger partial charge >= 0.3 is 5.97 Å². The lowest BCUT2D eigenvalue weighted by Gasteiger charge is -2.16. The summed E-state index contributed by atoms with van der Waals surface area (Å²) in [5.74, 6) is -1.33. The number of ether oxygens (including phenoxy) is 1. The predicted molar refractivity (Wildman–Crippen MR) is 58.0 cm³/mol. The smallest absolute Gasteiger partial charge is 0.326 e. The number of hydrogen-bond donors (Lipinski definition) is 2. The van der Waals surface area contributed by atoms with Gasteiger partial charge in [0.05, 0.1) is 12.5 Å². The second-order valence-corrected chi connectivity index (χ2v) is 4.10. The van der Waals surface area contributed by atoms with Crippen LogP contribution >= 0.6 is 0 Å². The summed E-state index contributed by atoms with van der Waals surface area (Å²) in [4.78, 5) is 22.6. The summed E-state index contributed by atoms with van der Waals surface area (Å²) in [5.41, 5.74) is 0. The number of amides is 1. The van der Waals surface area contributed by atoms with E-state index in [-0.39, 0.29) is 11.8 Å². The van der Waals surface area contributed by atoms with Gasteiger partial charge in [0.15, 0.2) is 0 Å². The average molecular weight is 229 g/mol. The van der Waals surface area contributed by atoms with E-state index in [1.54, 1.807) is 0 Å². The fourth-order valence-corrected chi connectivity index (χ4v) is 1.70. The average Bonchev–Trinajstić information content (AvgIpc) is 2.76. The van der Waals surface area contributed by atoms with Crippen molar-refractivity contribution in [3.8, 4) is 0 Å². The van der Waals surface area contributed by atoms with Gasteiger partial charge in [-0.3, -0.25) is 4.79 Å². The van der Waals surface area contributed by atoms with E-state index in [1.165, 1.54) is 0 Å². The summed E-state index contributed by atoms with van der Waals surface area (Å²) in [6.45, 7) is 2.99. The Morgan fingerprint density at radius 1 is 1.56 bits per heavy atom. The maximum atomic E-state index is 11.7. The number of aliphatic carboxylic acids is 1. The van der Waals surface area contributed by atoms with Gasteiger partial charge in [-0.05, 0) is 12.8 Å². The van der Waals surface area contributed by atoms with Gasteiger partial charge in [-0.25, -0.2) is 4.79 Å². The minimum Gasteiger partial charge on any atom is -0.480 e. The molecule has 0 aromatic rings. The lowest BCUT2D eigenvalue weighted by Crippen LogP contribution is -2.43. The second-order valence-electron chi connectivity index (χ2n) is 4.10. The molecule has 5 nitrogen and oxygen atoms in total. The Morgan fingerprint density at radius 2 is 2.31 bits per heavy atom. The van der Waals surface area contributed by atoms with Crippen molar-refractivity contribution < 1.29 is 19.4 Å². The quantitative estimate of drug-likeness (QED) is 0.705. The molecule has 0 aromatic heterocycles. The topological polar surface area (TPSA) is 75.6 Å². The van der Waals surface area contributed by atoms with Crippen LogP contribution in [0.4, 0.5) is 0 Å². The zero-order valence-electron chi connectivity index (χ0n) is 9.57. The molecule has 1 aliphatic heterocycles. The molecular weight excluding hydrogens is 210 g/mol. The number of carboxylic acid groups (broad SMARTS) is 1. The monoisotopic (exact) mass is 229 g/mol. The maximum Gasteiger partial charge on any atom is 0.326 e. The molecule has 0 radical (unpaired) electrons. The predicted octanol–water partition coefficient (Wildman–Crippen LogP) is 0.782. The van der Waals surface area contributed by atoms with Crippen LogP contribution in [0.1, 0.15) is 32.6 Å². The standard InChI is InChI=1S/C11H19NO4/c1-2-3-4-9(11(14)15)12-10(13)8-5-6-16-7-8/h8-9H,2-7H2,1H3,(H,12,13)(H,14,15). The molecule has 0 spiro atoms. The van der Waals surface area contributed by atoms with Gasteiger partial charge in [-0.2, -0.15) is 0 Å². The van der Waals surface area contributed by atoms with Crippen molar-refractivity contribution in [2.75, 3.05) is 13.2 Å². The highest BCUT2D eigenvalue weighted by Crippen LogP contribution is 2.13. The number of unbranched alkanes of at least 4 members (excludes halogenated alkanes) is 1. The Labute approximate surface area is 95.2 Å². The van der Waals surface area contributed by atoms with Gasteiger partial charge in [-0.15, -0.1) is 0 Å². The number of carboxylic acids is 1. The molecule has 16 heavy (non-hydrogen) atoms. The van der Waals surface area contributed by atoms with E-state index in [9.17, 15) is 9.59 Å². The Morgan fingerprint density at radius 3 is 2.81 bits per heavy atom. The first-order valence-electron chi connectivity index (χ1n) is 5.76. The van der Waals surface area contributed by atoms with E-state index in [4.69, 9.17) is 9.84 Å². The normalized spacial score (nSPS) is 21.7. The van der Waals surface area contributed by atoms with Gasteiger partial charge in [0.2, 0.25) is 5.91 Å². The molecule has 0 aliphatic carbocycles. The van der Waals surface area contributed by atoms with Crippen molar-refractivity contribution >= 4 is 11.9 Å². The van der Waals surface area contributed by atoms with Gasteiger partial charge in [0.1, 0.15) is 6.04 Å². The third-order valence-corrected chi connectivity index (χ3v) is 2.76. The first kappa shape index (κ1) is 13.0. The van der Waals surface area contributed by atoms with Crippen LogP contribution in [0.3, 0.4) is 0 Å². The van der Waals surface area contributed by atoms with Crippen molar-refractivity contribution in [3.63, 3.8) is 0 Å². The number of nitrogens with one attached hydrogen (secondary N) is 1. The number of carbonyl (C=O) groups is 2. The molecule has 2 unspecified atom stereocenters. The number of carbonyl (C=O) groups excluding carboxylic acids is 1. The zero-order chi connectivity index (χ0) is 12.0. The van der Waals surface area contributed by atoms with Crippen LogP contribution in [0.25, 0.3) is 0 Å². The van der Waals surface area contributed by atoms with Crippen LogP contribution in [0, 0.1) is 5.92 Å². The minimum atomic E-state index is -0.958. The lowest BCUT2D eigenvalue weighted by molar-refractivity contribution is -0.142. The molecule has 92 valence electrons. The molecule has 2 N–H and O–H groups in total. The van der Waals surface area contributed by atoms with Crippen molar-refractivity contribution in [2.45, 2.75) is 38.6 Å². The molecular formula is C11H19NO4. The van der Waals surface area contributed by atoms with E-state index in [0.717, 1.165) is 12.8 Å². The highest BCUT2D eigenvalue weighted by atomic mass is 16.5. The fraction of sp³-hybridized carbons (Fsp3) is 0.818. The number of rotatable bonds is 6. The summed E-state index contributed by atoms with van der Waals surface area (Å²) in [6.07, 6.45) is 2.90. The molecule has 1 saturated heterocycles. The highest BCUT2D eigenvalue weighted by Gasteiger charge is 2.27. The first-order valence-corrected chi connectivity index (χ1v) is 5.76. The third kappa shape index (κ3) is 3.81. The lowest BCUT2D eigenvalue weighted by atomic mass is 10.1. The molecule has 0 bridgehead atoms. The summed E-state index contributed by atoms with van der Waals surface area (Å²) < 4.78 is 5.09. The number of hydrogen-bond acceptors (Lipinski definition) is 3. The van der Waals surface area contributed by atoms with E-state index < -0.39 is 12.0 Å². The van der Waals surface area contributed by atoms with Crippen molar-refractivity contribution in [3.05, 3.63) is 0 Å². The fourth-order valence-electron chi connectivity index (χ4n) is 1.70.